The number of halogens is 2. The maximum absolute atomic E-state index is 12.4. The molecule has 2 rings (SSSR count). The fraction of sp³-hybridized carbons (Fsp3) is 0.333. The van der Waals surface area contributed by atoms with E-state index < -0.39 is 6.61 Å². The molecular weight excluding hydrogens is 292 g/mol. The second-order valence-corrected chi connectivity index (χ2v) is 4.96. The van der Waals surface area contributed by atoms with E-state index in [4.69, 9.17) is 0 Å². The van der Waals surface area contributed by atoms with Crippen LogP contribution in [0.1, 0.15) is 17.0 Å². The molecule has 1 aromatic carbocycles. The Morgan fingerprint density at radius 1 is 1.36 bits per heavy atom. The lowest BCUT2D eigenvalue weighted by molar-refractivity contribution is -0.117. The molecule has 0 fully saturated rings. The predicted octanol–water partition coefficient (Wildman–Crippen LogP) is 3.05. The number of hydrogen-bond donors (Lipinski definition) is 1. The van der Waals surface area contributed by atoms with E-state index in [0.29, 0.717) is 5.56 Å². The van der Waals surface area contributed by atoms with Gasteiger partial charge in [-0.15, -0.1) is 0 Å². The monoisotopic (exact) mass is 309 g/mol. The number of nitrogens with zero attached hydrogens (tertiary/aromatic N) is 2. The third kappa shape index (κ3) is 3.81. The number of ether oxygens (including phenoxy) is 1. The van der Waals surface area contributed by atoms with E-state index >= 15 is 0 Å². The Balaban J connectivity index is 2.16. The molecule has 0 radical (unpaired) electrons. The van der Waals surface area contributed by atoms with Crippen LogP contribution in [0.15, 0.2) is 24.3 Å². The van der Waals surface area contributed by atoms with Gasteiger partial charge in [0.1, 0.15) is 12.3 Å². The molecule has 0 aliphatic rings. The van der Waals surface area contributed by atoms with Crippen molar-refractivity contribution in [3.05, 3.63) is 41.2 Å². The molecule has 1 heterocycles. The van der Waals surface area contributed by atoms with Gasteiger partial charge in [-0.1, -0.05) is 12.1 Å². The number of amides is 1. The number of hydrogen-bond acceptors (Lipinski definition) is 3. The van der Waals surface area contributed by atoms with Crippen LogP contribution in [0.25, 0.3) is 0 Å². The van der Waals surface area contributed by atoms with Gasteiger partial charge in [0, 0.05) is 5.69 Å². The number of aryl methyl sites for hydroxylation is 3. The second-order valence-electron chi connectivity index (χ2n) is 4.96. The molecule has 1 aromatic heterocycles. The van der Waals surface area contributed by atoms with E-state index in [-0.39, 0.29) is 23.9 Å². The quantitative estimate of drug-likeness (QED) is 0.923. The van der Waals surface area contributed by atoms with Crippen LogP contribution in [-0.4, -0.2) is 22.3 Å². The Kier molecular flexibility index (Phi) is 4.75. The van der Waals surface area contributed by atoms with Crippen LogP contribution >= 0.6 is 0 Å². The largest absolute Gasteiger partial charge is 0.433 e. The van der Waals surface area contributed by atoms with Crippen molar-refractivity contribution in [1.29, 1.82) is 0 Å². The summed E-state index contributed by atoms with van der Waals surface area (Å²) < 4.78 is 30.8. The van der Waals surface area contributed by atoms with Gasteiger partial charge in [0.25, 0.3) is 0 Å². The van der Waals surface area contributed by atoms with Crippen molar-refractivity contribution in [2.24, 2.45) is 0 Å². The smallest absolute Gasteiger partial charge is 0.387 e. The van der Waals surface area contributed by atoms with Crippen molar-refractivity contribution in [3.63, 3.8) is 0 Å². The highest BCUT2D eigenvalue weighted by molar-refractivity contribution is 5.93. The SMILES string of the molecule is Cc1cc(C)n(CC(=O)Nc2c(C)cccc2OC(F)F)n1. The Hall–Kier alpha value is -2.44. The summed E-state index contributed by atoms with van der Waals surface area (Å²) in [6, 6.07) is 6.53. The number of para-hydroxylation sites is 1. The Morgan fingerprint density at radius 2 is 2.09 bits per heavy atom. The zero-order valence-corrected chi connectivity index (χ0v) is 12.6. The van der Waals surface area contributed by atoms with E-state index in [1.807, 2.05) is 19.9 Å². The normalized spacial score (nSPS) is 10.8. The van der Waals surface area contributed by atoms with Gasteiger partial charge in [-0.3, -0.25) is 9.48 Å². The van der Waals surface area contributed by atoms with Crippen molar-refractivity contribution >= 4 is 11.6 Å². The second kappa shape index (κ2) is 6.55. The van der Waals surface area contributed by atoms with E-state index in [1.165, 1.54) is 6.07 Å². The summed E-state index contributed by atoms with van der Waals surface area (Å²) in [5, 5.41) is 6.80. The van der Waals surface area contributed by atoms with Crippen LogP contribution in [0.3, 0.4) is 0 Å². The van der Waals surface area contributed by atoms with Gasteiger partial charge in [-0.2, -0.15) is 13.9 Å². The number of anilines is 1. The maximum atomic E-state index is 12.4. The first-order chi connectivity index (χ1) is 10.4. The predicted molar refractivity (Wildman–Crippen MR) is 78.1 cm³/mol. The molecule has 2 aromatic rings. The molecule has 0 atom stereocenters. The molecule has 118 valence electrons. The lowest BCUT2D eigenvalue weighted by atomic mass is 10.2. The number of nitrogens with one attached hydrogen (secondary N) is 1. The first-order valence-electron chi connectivity index (χ1n) is 6.72. The minimum Gasteiger partial charge on any atom is -0.433 e. The standard InChI is InChI=1S/C15H17F2N3O2/c1-9-5-4-6-12(22-15(16)17)14(9)18-13(21)8-20-11(3)7-10(2)19-20/h4-7,15H,8H2,1-3H3,(H,18,21). The highest BCUT2D eigenvalue weighted by Gasteiger charge is 2.15. The van der Waals surface area contributed by atoms with Gasteiger partial charge in [0.05, 0.1) is 11.4 Å². The van der Waals surface area contributed by atoms with Crippen LogP contribution in [0, 0.1) is 20.8 Å². The molecule has 5 nitrogen and oxygen atoms in total. The summed E-state index contributed by atoms with van der Waals surface area (Å²) in [6.45, 7) is 2.43. The van der Waals surface area contributed by atoms with E-state index in [0.717, 1.165) is 11.4 Å². The molecule has 0 aliphatic heterocycles. The molecule has 0 unspecified atom stereocenters. The number of aromatic nitrogens is 2. The van der Waals surface area contributed by atoms with Gasteiger partial charge in [0.2, 0.25) is 5.91 Å². The highest BCUT2D eigenvalue weighted by atomic mass is 19.3. The minimum atomic E-state index is -2.95. The number of carbonyl (C=O) groups excluding carboxylic acids is 1. The molecule has 0 spiro atoms. The summed E-state index contributed by atoms with van der Waals surface area (Å²) in [5.41, 5.74) is 2.54. The van der Waals surface area contributed by atoms with Crippen molar-refractivity contribution in [2.75, 3.05) is 5.32 Å². The molecule has 0 saturated heterocycles. The van der Waals surface area contributed by atoms with Crippen LogP contribution in [0.5, 0.6) is 5.75 Å². The average molecular weight is 309 g/mol. The number of rotatable bonds is 5. The van der Waals surface area contributed by atoms with E-state index in [2.05, 4.69) is 15.2 Å². The summed E-state index contributed by atoms with van der Waals surface area (Å²) in [5.74, 6) is -0.420. The highest BCUT2D eigenvalue weighted by Crippen LogP contribution is 2.29. The molecule has 1 amide bonds. The summed E-state index contributed by atoms with van der Waals surface area (Å²) in [4.78, 5) is 12.1. The zero-order valence-electron chi connectivity index (χ0n) is 12.6. The number of benzene rings is 1. The molecule has 22 heavy (non-hydrogen) atoms. The van der Waals surface area contributed by atoms with Gasteiger partial charge in [0.15, 0.2) is 0 Å². The van der Waals surface area contributed by atoms with Gasteiger partial charge < -0.3 is 10.1 Å². The van der Waals surface area contributed by atoms with Gasteiger partial charge >= 0.3 is 6.61 Å². The molecular formula is C15H17F2N3O2. The van der Waals surface area contributed by atoms with Crippen LogP contribution in [-0.2, 0) is 11.3 Å². The lowest BCUT2D eigenvalue weighted by Crippen LogP contribution is -2.21. The van der Waals surface area contributed by atoms with E-state index in [9.17, 15) is 13.6 Å². The average Bonchev–Trinajstić information content (AvgIpc) is 2.71. The fourth-order valence-corrected chi connectivity index (χ4v) is 2.15. The molecule has 0 aliphatic carbocycles. The first kappa shape index (κ1) is 15.9. The maximum Gasteiger partial charge on any atom is 0.387 e. The summed E-state index contributed by atoms with van der Waals surface area (Å²) >= 11 is 0. The van der Waals surface area contributed by atoms with Crippen LogP contribution in [0.4, 0.5) is 14.5 Å². The van der Waals surface area contributed by atoms with Gasteiger partial charge in [-0.25, -0.2) is 0 Å². The summed E-state index contributed by atoms with van der Waals surface area (Å²) in [7, 11) is 0. The van der Waals surface area contributed by atoms with Crippen molar-refractivity contribution < 1.29 is 18.3 Å². The summed E-state index contributed by atoms with van der Waals surface area (Å²) in [6.07, 6.45) is 0. The Bertz CT molecular complexity index is 683. The lowest BCUT2D eigenvalue weighted by Gasteiger charge is -2.14. The van der Waals surface area contributed by atoms with E-state index in [1.54, 1.807) is 23.7 Å². The molecule has 7 heteroatoms. The van der Waals surface area contributed by atoms with Crippen LogP contribution < -0.4 is 10.1 Å². The van der Waals surface area contributed by atoms with Crippen LogP contribution in [0.2, 0.25) is 0 Å². The molecule has 0 bridgehead atoms. The Labute approximate surface area is 126 Å². The topological polar surface area (TPSA) is 56.2 Å². The fourth-order valence-electron chi connectivity index (χ4n) is 2.15. The number of alkyl halides is 2. The Morgan fingerprint density at radius 3 is 2.68 bits per heavy atom. The van der Waals surface area contributed by atoms with Gasteiger partial charge in [-0.05, 0) is 38.5 Å². The number of carbonyl (C=O) groups is 1. The third-order valence-electron chi connectivity index (χ3n) is 3.11. The third-order valence-corrected chi connectivity index (χ3v) is 3.11. The first-order valence-corrected chi connectivity index (χ1v) is 6.72. The van der Waals surface area contributed by atoms with Crippen molar-refractivity contribution in [1.82, 2.24) is 9.78 Å². The zero-order chi connectivity index (χ0) is 16.3. The molecule has 0 saturated carbocycles. The van der Waals surface area contributed by atoms with Crippen molar-refractivity contribution in [2.45, 2.75) is 33.9 Å². The molecule has 1 N–H and O–H groups in total. The minimum absolute atomic E-state index is 0.00211. The van der Waals surface area contributed by atoms with Crippen molar-refractivity contribution in [3.8, 4) is 5.75 Å².